The van der Waals surface area contributed by atoms with Crippen LogP contribution >= 0.6 is 0 Å². The summed E-state index contributed by atoms with van der Waals surface area (Å²) in [7, 11) is 0. The Morgan fingerprint density at radius 3 is 2.60 bits per heavy atom. The number of carbonyl (C=O) groups is 2. The Labute approximate surface area is 59.7 Å². The molecular weight excluding hydrogens is 132 g/mol. The molecule has 0 aliphatic carbocycles. The van der Waals surface area contributed by atoms with Gasteiger partial charge in [-0.1, -0.05) is 0 Å². The van der Waals surface area contributed by atoms with Gasteiger partial charge in [-0.15, -0.1) is 0 Å². The molecule has 0 bridgehead atoms. The Balaban J connectivity index is 3.62. The van der Waals surface area contributed by atoms with Gasteiger partial charge in [0.1, 0.15) is 12.4 Å². The number of carbonyl (C=O) groups excluding carboxylic acids is 2. The molecule has 0 rings (SSSR count). The molecule has 1 unspecified atom stereocenters. The number of hydrogen-bond donors (Lipinski definition) is 0. The van der Waals surface area contributed by atoms with Crippen molar-refractivity contribution in [2.75, 3.05) is 0 Å². The molecule has 0 aliphatic heterocycles. The Kier molecular flexibility index (Phi) is 4.20. The third-order valence-corrected chi connectivity index (χ3v) is 0.813. The first-order valence-corrected chi connectivity index (χ1v) is 2.96. The molecule has 0 radical (unpaired) electrons. The summed E-state index contributed by atoms with van der Waals surface area (Å²) in [5, 5.41) is 0. The average molecular weight is 142 g/mol. The number of hydrogen-bond acceptors (Lipinski definition) is 3. The highest BCUT2D eigenvalue weighted by atomic mass is 16.5. The summed E-state index contributed by atoms with van der Waals surface area (Å²) in [4.78, 5) is 20.0. The summed E-state index contributed by atoms with van der Waals surface area (Å²) in [6.45, 7) is 3.01. The molecule has 0 spiro atoms. The van der Waals surface area contributed by atoms with Crippen molar-refractivity contribution in [2.45, 2.75) is 20.0 Å². The van der Waals surface area contributed by atoms with Gasteiger partial charge in [-0.2, -0.15) is 0 Å². The van der Waals surface area contributed by atoms with E-state index in [4.69, 9.17) is 0 Å². The van der Waals surface area contributed by atoms with E-state index in [9.17, 15) is 9.59 Å². The molecule has 0 fully saturated rings. The van der Waals surface area contributed by atoms with Gasteiger partial charge in [-0.3, -0.25) is 9.59 Å². The quantitative estimate of drug-likeness (QED) is 0.331. The highest BCUT2D eigenvalue weighted by Gasteiger charge is 1.97. The molecule has 0 N–H and O–H groups in total. The van der Waals surface area contributed by atoms with Crippen LogP contribution in [0.4, 0.5) is 0 Å². The molecule has 0 aromatic carbocycles. The molecule has 0 aromatic rings. The van der Waals surface area contributed by atoms with Crippen LogP contribution in [0.25, 0.3) is 0 Å². The predicted molar refractivity (Wildman–Crippen MR) is 36.4 cm³/mol. The van der Waals surface area contributed by atoms with Gasteiger partial charge < -0.3 is 4.74 Å². The van der Waals surface area contributed by atoms with Gasteiger partial charge in [0, 0.05) is 6.92 Å². The Morgan fingerprint density at radius 2 is 2.20 bits per heavy atom. The van der Waals surface area contributed by atoms with Crippen LogP contribution in [0, 0.1) is 0 Å². The van der Waals surface area contributed by atoms with Crippen molar-refractivity contribution in [3.8, 4) is 0 Å². The summed E-state index contributed by atoms with van der Waals surface area (Å²) in [5.74, 6) is -0.344. The van der Waals surface area contributed by atoms with Gasteiger partial charge in [0.25, 0.3) is 0 Å². The number of esters is 1. The number of ether oxygens (including phenoxy) is 1. The van der Waals surface area contributed by atoms with Gasteiger partial charge in [0.05, 0.1) is 0 Å². The monoisotopic (exact) mass is 142 g/mol. The first-order valence-electron chi connectivity index (χ1n) is 2.96. The summed E-state index contributed by atoms with van der Waals surface area (Å²) >= 11 is 0. The lowest BCUT2D eigenvalue weighted by Crippen LogP contribution is -2.08. The topological polar surface area (TPSA) is 43.4 Å². The Morgan fingerprint density at radius 1 is 1.60 bits per heavy atom. The first-order chi connectivity index (χ1) is 4.66. The van der Waals surface area contributed by atoms with E-state index in [1.807, 2.05) is 0 Å². The fraction of sp³-hybridized carbons (Fsp3) is 0.429. The second kappa shape index (κ2) is 4.73. The van der Waals surface area contributed by atoms with Crippen molar-refractivity contribution in [3.05, 3.63) is 12.2 Å². The standard InChI is InChI=1S/C7H10O3/c1-6(4-3-5-8)10-7(2)9/h3-6H,1-2H3/b4-3+. The molecule has 3 heteroatoms. The molecule has 3 nitrogen and oxygen atoms in total. The summed E-state index contributed by atoms with van der Waals surface area (Å²) in [6.07, 6.45) is 3.13. The summed E-state index contributed by atoms with van der Waals surface area (Å²) in [5.41, 5.74) is 0. The minimum atomic E-state index is -0.344. The van der Waals surface area contributed by atoms with Crippen LogP contribution in [0.2, 0.25) is 0 Å². The highest BCUT2D eigenvalue weighted by Crippen LogP contribution is 1.91. The molecule has 0 saturated carbocycles. The van der Waals surface area contributed by atoms with Crippen LogP contribution in [0.15, 0.2) is 12.2 Å². The minimum absolute atomic E-state index is 0.317. The van der Waals surface area contributed by atoms with Crippen molar-refractivity contribution >= 4 is 12.3 Å². The van der Waals surface area contributed by atoms with Crippen LogP contribution in [-0.2, 0) is 14.3 Å². The van der Waals surface area contributed by atoms with Gasteiger partial charge in [0.2, 0.25) is 0 Å². The van der Waals surface area contributed by atoms with Crippen molar-refractivity contribution in [1.82, 2.24) is 0 Å². The fourth-order valence-corrected chi connectivity index (χ4v) is 0.503. The molecule has 56 valence electrons. The molecule has 0 aromatic heterocycles. The van der Waals surface area contributed by atoms with Crippen LogP contribution < -0.4 is 0 Å². The van der Waals surface area contributed by atoms with Crippen LogP contribution in [0.1, 0.15) is 13.8 Å². The lowest BCUT2D eigenvalue weighted by Gasteiger charge is -2.04. The van der Waals surface area contributed by atoms with Crippen LogP contribution in [0.3, 0.4) is 0 Å². The van der Waals surface area contributed by atoms with Crippen molar-refractivity contribution in [1.29, 1.82) is 0 Å². The first kappa shape index (κ1) is 8.88. The fourth-order valence-electron chi connectivity index (χ4n) is 0.503. The molecule has 0 saturated heterocycles. The largest absolute Gasteiger partial charge is 0.459 e. The van der Waals surface area contributed by atoms with Crippen LogP contribution in [-0.4, -0.2) is 18.4 Å². The third-order valence-electron chi connectivity index (χ3n) is 0.813. The van der Waals surface area contributed by atoms with E-state index >= 15 is 0 Å². The maximum absolute atomic E-state index is 10.3. The van der Waals surface area contributed by atoms with Gasteiger partial charge in [0.15, 0.2) is 0 Å². The lowest BCUT2D eigenvalue weighted by atomic mass is 10.3. The van der Waals surface area contributed by atoms with Gasteiger partial charge >= 0.3 is 5.97 Å². The molecule has 0 amide bonds. The van der Waals surface area contributed by atoms with Gasteiger partial charge in [-0.05, 0) is 19.1 Å². The predicted octanol–water partition coefficient (Wildman–Crippen LogP) is 0.693. The van der Waals surface area contributed by atoms with E-state index < -0.39 is 0 Å². The van der Waals surface area contributed by atoms with E-state index in [0.29, 0.717) is 6.29 Å². The Bertz CT molecular complexity index is 149. The van der Waals surface area contributed by atoms with Gasteiger partial charge in [-0.25, -0.2) is 0 Å². The van der Waals surface area contributed by atoms with E-state index in [2.05, 4.69) is 4.74 Å². The molecular formula is C7H10O3. The molecule has 1 atom stereocenters. The van der Waals surface area contributed by atoms with E-state index in [-0.39, 0.29) is 12.1 Å². The summed E-state index contributed by atoms with van der Waals surface area (Å²) in [6, 6.07) is 0. The number of allylic oxidation sites excluding steroid dienone is 1. The minimum Gasteiger partial charge on any atom is -0.459 e. The zero-order chi connectivity index (χ0) is 7.98. The SMILES string of the molecule is CC(=O)OC(C)/C=C/C=O. The van der Waals surface area contributed by atoms with E-state index in [0.717, 1.165) is 0 Å². The van der Waals surface area contributed by atoms with Crippen molar-refractivity contribution in [2.24, 2.45) is 0 Å². The highest BCUT2D eigenvalue weighted by molar-refractivity contribution is 5.67. The maximum Gasteiger partial charge on any atom is 0.303 e. The zero-order valence-corrected chi connectivity index (χ0v) is 6.03. The molecule has 0 aliphatic rings. The molecule has 0 heterocycles. The third kappa shape index (κ3) is 5.03. The maximum atomic E-state index is 10.3. The smallest absolute Gasteiger partial charge is 0.303 e. The normalized spacial score (nSPS) is 13.0. The Hall–Kier alpha value is -1.12. The van der Waals surface area contributed by atoms with E-state index in [1.54, 1.807) is 6.92 Å². The van der Waals surface area contributed by atoms with Crippen molar-refractivity contribution in [3.63, 3.8) is 0 Å². The average Bonchev–Trinajstić information content (AvgIpc) is 1.82. The zero-order valence-electron chi connectivity index (χ0n) is 6.03. The molecule has 10 heavy (non-hydrogen) atoms. The van der Waals surface area contributed by atoms with E-state index in [1.165, 1.54) is 19.1 Å². The lowest BCUT2D eigenvalue weighted by molar-refractivity contribution is -0.143. The number of aldehydes is 1. The number of rotatable bonds is 3. The summed E-state index contributed by atoms with van der Waals surface area (Å²) < 4.78 is 4.67. The second-order valence-corrected chi connectivity index (χ2v) is 1.84. The second-order valence-electron chi connectivity index (χ2n) is 1.84. The van der Waals surface area contributed by atoms with Crippen LogP contribution in [0.5, 0.6) is 0 Å². The van der Waals surface area contributed by atoms with Crippen molar-refractivity contribution < 1.29 is 14.3 Å².